The van der Waals surface area contributed by atoms with Gasteiger partial charge in [-0.25, -0.2) is 0 Å². The van der Waals surface area contributed by atoms with Gasteiger partial charge in [-0.15, -0.1) is 0 Å². The van der Waals surface area contributed by atoms with Gasteiger partial charge in [0, 0.05) is 37.2 Å². The fraction of sp³-hybridized carbons (Fsp3) is 0.583. The van der Waals surface area contributed by atoms with Gasteiger partial charge >= 0.3 is 0 Å². The summed E-state index contributed by atoms with van der Waals surface area (Å²) in [5, 5.41) is 4.55. The van der Waals surface area contributed by atoms with Crippen LogP contribution in [0.4, 0.5) is 0 Å². The van der Waals surface area contributed by atoms with Crippen molar-refractivity contribution in [2.75, 3.05) is 13.2 Å². The highest BCUT2D eigenvalue weighted by Gasteiger charge is 2.27. The Morgan fingerprint density at radius 3 is 2.41 bits per heavy atom. The molecule has 0 spiro atoms. The molecule has 2 aromatic rings. The highest BCUT2D eigenvalue weighted by atomic mass is 16.5. The first-order chi connectivity index (χ1) is 13.6. The van der Waals surface area contributed by atoms with Crippen LogP contribution in [0, 0.1) is 0 Å². The fourth-order valence-electron chi connectivity index (χ4n) is 3.75. The summed E-state index contributed by atoms with van der Waals surface area (Å²) in [5.41, 5.74) is 3.85. The molecule has 0 N–H and O–H groups in total. The van der Waals surface area contributed by atoms with Crippen LogP contribution in [0.2, 0.25) is 0 Å². The zero-order chi connectivity index (χ0) is 21.2. The lowest BCUT2D eigenvalue weighted by Gasteiger charge is -2.30. The third kappa shape index (κ3) is 5.20. The van der Waals surface area contributed by atoms with Crippen LogP contribution < -0.4 is 4.74 Å². The highest BCUT2D eigenvalue weighted by Crippen LogP contribution is 2.26. The topological polar surface area (TPSA) is 47.4 Å². The average Bonchev–Trinajstić information content (AvgIpc) is 3.08. The molecule has 1 aromatic heterocycles. The van der Waals surface area contributed by atoms with Crippen molar-refractivity contribution in [3.63, 3.8) is 0 Å². The van der Waals surface area contributed by atoms with Gasteiger partial charge in [0.1, 0.15) is 5.75 Å². The molecular formula is C24H35N3O2. The van der Waals surface area contributed by atoms with Gasteiger partial charge in [0.2, 0.25) is 5.91 Å². The number of aromatic nitrogens is 2. The van der Waals surface area contributed by atoms with E-state index in [2.05, 4.69) is 63.5 Å². The molecular weight excluding hydrogens is 362 g/mol. The molecule has 5 heteroatoms. The predicted octanol–water partition coefficient (Wildman–Crippen LogP) is 4.68. The molecule has 0 aliphatic carbocycles. The molecule has 5 nitrogen and oxygen atoms in total. The summed E-state index contributed by atoms with van der Waals surface area (Å²) in [7, 11) is 0. The number of fused-ring (bicyclic) bond motifs is 1. The van der Waals surface area contributed by atoms with E-state index in [1.165, 1.54) is 16.8 Å². The van der Waals surface area contributed by atoms with Gasteiger partial charge in [-0.1, -0.05) is 32.9 Å². The minimum Gasteiger partial charge on any atom is -0.494 e. The summed E-state index contributed by atoms with van der Waals surface area (Å²) in [6.07, 6.45) is 4.03. The van der Waals surface area contributed by atoms with Crippen molar-refractivity contribution in [1.82, 2.24) is 14.7 Å². The molecule has 0 atom stereocenters. The molecule has 1 aliphatic rings. The van der Waals surface area contributed by atoms with Crippen molar-refractivity contribution in [3.8, 4) is 5.75 Å². The lowest BCUT2D eigenvalue weighted by Crippen LogP contribution is -2.37. The third-order valence-electron chi connectivity index (χ3n) is 5.45. The lowest BCUT2D eigenvalue weighted by atomic mass is 9.87. The molecule has 0 saturated carbocycles. The van der Waals surface area contributed by atoms with Gasteiger partial charge < -0.3 is 9.64 Å². The van der Waals surface area contributed by atoms with E-state index < -0.39 is 0 Å². The predicted molar refractivity (Wildman–Crippen MR) is 116 cm³/mol. The zero-order valence-corrected chi connectivity index (χ0v) is 18.8. The van der Waals surface area contributed by atoms with Crippen molar-refractivity contribution in [2.24, 2.45) is 0 Å². The van der Waals surface area contributed by atoms with E-state index in [9.17, 15) is 4.79 Å². The number of amides is 1. The molecule has 29 heavy (non-hydrogen) atoms. The van der Waals surface area contributed by atoms with Crippen molar-refractivity contribution in [2.45, 2.75) is 78.3 Å². The van der Waals surface area contributed by atoms with Crippen LogP contribution in [-0.2, 0) is 28.7 Å². The van der Waals surface area contributed by atoms with E-state index >= 15 is 0 Å². The van der Waals surface area contributed by atoms with Crippen molar-refractivity contribution >= 4 is 5.91 Å². The minimum absolute atomic E-state index is 0.0256. The first kappa shape index (κ1) is 21.4. The van der Waals surface area contributed by atoms with Gasteiger partial charge in [-0.2, -0.15) is 5.10 Å². The lowest BCUT2D eigenvalue weighted by molar-refractivity contribution is -0.132. The van der Waals surface area contributed by atoms with Crippen LogP contribution >= 0.6 is 0 Å². The standard InChI is InChI=1S/C24H35N3O2/c1-23(2,3)19-9-11-20(12-10-19)29-15-7-8-22(28)26-14-13-21-18(17-26)16-25-27(21)24(4,5)6/h9-12,16H,7-8,13-15,17H2,1-6H3. The van der Waals surface area contributed by atoms with Crippen molar-refractivity contribution in [1.29, 1.82) is 0 Å². The first-order valence-electron chi connectivity index (χ1n) is 10.6. The summed E-state index contributed by atoms with van der Waals surface area (Å²) < 4.78 is 7.92. The van der Waals surface area contributed by atoms with Crippen LogP contribution in [0.5, 0.6) is 5.75 Å². The Morgan fingerprint density at radius 2 is 1.79 bits per heavy atom. The summed E-state index contributed by atoms with van der Waals surface area (Å²) in [6, 6.07) is 8.26. The number of hydrogen-bond acceptors (Lipinski definition) is 3. The number of nitrogens with zero attached hydrogens (tertiary/aromatic N) is 3. The van der Waals surface area contributed by atoms with E-state index in [4.69, 9.17) is 4.74 Å². The summed E-state index contributed by atoms with van der Waals surface area (Å²) >= 11 is 0. The van der Waals surface area contributed by atoms with Gasteiger partial charge in [0.25, 0.3) is 0 Å². The normalized spacial score (nSPS) is 14.6. The molecule has 0 bridgehead atoms. The monoisotopic (exact) mass is 397 g/mol. The number of carbonyl (C=O) groups is 1. The van der Waals surface area contributed by atoms with E-state index in [0.717, 1.165) is 25.1 Å². The molecule has 1 aliphatic heterocycles. The third-order valence-corrected chi connectivity index (χ3v) is 5.45. The van der Waals surface area contributed by atoms with Gasteiger partial charge in [-0.3, -0.25) is 9.48 Å². The zero-order valence-electron chi connectivity index (χ0n) is 18.8. The maximum absolute atomic E-state index is 12.6. The SMILES string of the molecule is CC(C)(C)c1ccc(OCCCC(=O)N2CCc3c(cnn3C(C)(C)C)C2)cc1. The van der Waals surface area contributed by atoms with Crippen LogP contribution in [-0.4, -0.2) is 33.7 Å². The molecule has 158 valence electrons. The Kier molecular flexibility index (Phi) is 6.06. The summed E-state index contributed by atoms with van der Waals surface area (Å²) in [4.78, 5) is 14.6. The van der Waals surface area contributed by atoms with E-state index in [-0.39, 0.29) is 16.9 Å². The van der Waals surface area contributed by atoms with Crippen molar-refractivity contribution < 1.29 is 9.53 Å². The maximum atomic E-state index is 12.6. The van der Waals surface area contributed by atoms with Gasteiger partial charge in [-0.05, 0) is 50.3 Å². The van der Waals surface area contributed by atoms with E-state index in [0.29, 0.717) is 19.6 Å². The Hall–Kier alpha value is -2.30. The molecule has 0 radical (unpaired) electrons. The Balaban J connectivity index is 1.45. The minimum atomic E-state index is -0.0256. The van der Waals surface area contributed by atoms with Crippen LogP contribution in [0.25, 0.3) is 0 Å². The summed E-state index contributed by atoms with van der Waals surface area (Å²) in [6.45, 7) is 15.1. The molecule has 1 aromatic carbocycles. The maximum Gasteiger partial charge on any atom is 0.223 e. The van der Waals surface area contributed by atoms with Crippen LogP contribution in [0.3, 0.4) is 0 Å². The number of hydrogen-bond donors (Lipinski definition) is 0. The molecule has 0 saturated heterocycles. The Morgan fingerprint density at radius 1 is 1.10 bits per heavy atom. The average molecular weight is 398 g/mol. The largest absolute Gasteiger partial charge is 0.494 e. The van der Waals surface area contributed by atoms with Gasteiger partial charge in [0.15, 0.2) is 0 Å². The number of benzene rings is 1. The van der Waals surface area contributed by atoms with E-state index in [1.807, 2.05) is 23.2 Å². The molecule has 1 amide bonds. The second kappa shape index (κ2) is 8.21. The quantitative estimate of drug-likeness (QED) is 0.688. The second-order valence-corrected chi connectivity index (χ2v) is 9.99. The Bertz CT molecular complexity index is 838. The number of carbonyl (C=O) groups excluding carboxylic acids is 1. The molecule has 0 fully saturated rings. The number of rotatable bonds is 5. The summed E-state index contributed by atoms with van der Waals surface area (Å²) in [5.74, 6) is 1.06. The Labute approximate surface area is 175 Å². The van der Waals surface area contributed by atoms with E-state index in [1.54, 1.807) is 0 Å². The number of ether oxygens (including phenoxy) is 1. The van der Waals surface area contributed by atoms with Crippen LogP contribution in [0.15, 0.2) is 30.5 Å². The molecule has 2 heterocycles. The highest BCUT2D eigenvalue weighted by molar-refractivity contribution is 5.76. The van der Waals surface area contributed by atoms with Crippen LogP contribution in [0.1, 0.15) is 71.2 Å². The first-order valence-corrected chi connectivity index (χ1v) is 10.6. The second-order valence-electron chi connectivity index (χ2n) is 9.99. The van der Waals surface area contributed by atoms with Crippen molar-refractivity contribution in [3.05, 3.63) is 47.3 Å². The molecule has 0 unspecified atom stereocenters. The molecule has 3 rings (SSSR count). The fourth-order valence-corrected chi connectivity index (χ4v) is 3.75. The van der Waals surface area contributed by atoms with Gasteiger partial charge in [0.05, 0.1) is 18.3 Å². The smallest absolute Gasteiger partial charge is 0.223 e.